The molecule has 3 aromatic rings. The lowest BCUT2D eigenvalue weighted by atomic mass is 9.89. The van der Waals surface area contributed by atoms with Crippen molar-refractivity contribution in [2.75, 3.05) is 0 Å². The molecule has 0 aliphatic rings. The molecule has 2 N–H and O–H groups in total. The van der Waals surface area contributed by atoms with E-state index in [1.807, 2.05) is 43.3 Å². The molecule has 0 saturated heterocycles. The lowest BCUT2D eigenvalue weighted by Gasteiger charge is -2.16. The van der Waals surface area contributed by atoms with Crippen molar-refractivity contribution in [3.8, 4) is 11.1 Å². The summed E-state index contributed by atoms with van der Waals surface area (Å²) in [4.78, 5) is 6.85. The Bertz CT molecular complexity index is 990. The highest BCUT2D eigenvalue weighted by molar-refractivity contribution is 7.85. The smallest absolute Gasteiger partial charge is 0.326 e. The third-order valence-electron chi connectivity index (χ3n) is 4.01. The van der Waals surface area contributed by atoms with Gasteiger partial charge in [0.25, 0.3) is 5.16 Å². The molecule has 126 valence electrons. The van der Waals surface area contributed by atoms with Crippen molar-refractivity contribution in [1.82, 2.24) is 9.97 Å². The Morgan fingerprint density at radius 3 is 2.46 bits per heavy atom. The fraction of sp³-hybridized carbons (Fsp3) is 0.278. The molecule has 5 nitrogen and oxygen atoms in total. The van der Waals surface area contributed by atoms with E-state index in [4.69, 9.17) is 0 Å². The minimum absolute atomic E-state index is 0.421. The van der Waals surface area contributed by atoms with Gasteiger partial charge in [-0.1, -0.05) is 44.2 Å². The number of rotatable bonds is 4. The van der Waals surface area contributed by atoms with Gasteiger partial charge in [-0.05, 0) is 42.0 Å². The molecule has 0 aliphatic carbocycles. The zero-order valence-corrected chi connectivity index (χ0v) is 14.7. The molecule has 0 aliphatic heterocycles. The molecule has 0 unspecified atom stereocenters. The van der Waals surface area contributed by atoms with Crippen molar-refractivity contribution in [2.45, 2.75) is 32.3 Å². The number of H-pyrrole nitrogens is 1. The van der Waals surface area contributed by atoms with Crippen LogP contribution < -0.4 is 0 Å². The largest absolute Gasteiger partial charge is 0.328 e. The summed E-state index contributed by atoms with van der Waals surface area (Å²) in [6.45, 7) is 6.30. The number of hydrogen-bond donors (Lipinski definition) is 2. The van der Waals surface area contributed by atoms with E-state index in [1.54, 1.807) is 0 Å². The van der Waals surface area contributed by atoms with Crippen LogP contribution in [0.2, 0.25) is 0 Å². The standard InChI is InChI=1S/C18H20N2O3S/c1-11(2)9-14-12(3)10-15-17(20-18(19-15)24(21,22)23)16(14)13-7-5-4-6-8-13/h4-8,10-11H,9H2,1-3H3,(H,19,20)(H,21,22,23). The Hall–Kier alpha value is -2.18. The maximum atomic E-state index is 11.5. The van der Waals surface area contributed by atoms with Crippen molar-refractivity contribution in [3.63, 3.8) is 0 Å². The van der Waals surface area contributed by atoms with E-state index in [2.05, 4.69) is 23.8 Å². The minimum atomic E-state index is -4.38. The fourth-order valence-electron chi connectivity index (χ4n) is 3.02. The molecule has 6 heteroatoms. The van der Waals surface area contributed by atoms with Crippen LogP contribution in [0.15, 0.2) is 41.6 Å². The van der Waals surface area contributed by atoms with Crippen molar-refractivity contribution < 1.29 is 13.0 Å². The van der Waals surface area contributed by atoms with Crippen LogP contribution in [-0.4, -0.2) is 22.9 Å². The predicted octanol–water partition coefficient (Wildman–Crippen LogP) is 3.98. The summed E-state index contributed by atoms with van der Waals surface area (Å²) in [5.74, 6) is 0.451. The summed E-state index contributed by atoms with van der Waals surface area (Å²) >= 11 is 0. The van der Waals surface area contributed by atoms with Gasteiger partial charge in [-0.15, -0.1) is 0 Å². The topological polar surface area (TPSA) is 83.1 Å². The molecule has 24 heavy (non-hydrogen) atoms. The van der Waals surface area contributed by atoms with Gasteiger partial charge < -0.3 is 4.98 Å². The maximum Gasteiger partial charge on any atom is 0.328 e. The Kier molecular flexibility index (Phi) is 4.19. The van der Waals surface area contributed by atoms with Crippen molar-refractivity contribution in [2.24, 2.45) is 5.92 Å². The van der Waals surface area contributed by atoms with Gasteiger partial charge >= 0.3 is 10.1 Å². The summed E-state index contributed by atoms with van der Waals surface area (Å²) in [5.41, 5.74) is 5.33. The number of fused-ring (bicyclic) bond motifs is 1. The molecule has 1 heterocycles. The SMILES string of the molecule is Cc1cc2nc(S(=O)(=O)O)[nH]c2c(-c2ccccc2)c1CC(C)C. The molecule has 3 rings (SSSR count). The predicted molar refractivity (Wildman–Crippen MR) is 94.6 cm³/mol. The zero-order valence-electron chi connectivity index (χ0n) is 13.9. The van der Waals surface area contributed by atoms with Crippen LogP contribution >= 0.6 is 0 Å². The molecule has 0 radical (unpaired) electrons. The van der Waals surface area contributed by atoms with E-state index in [1.165, 1.54) is 0 Å². The molecule has 0 bridgehead atoms. The van der Waals surface area contributed by atoms with Gasteiger partial charge in [-0.3, -0.25) is 4.55 Å². The average molecular weight is 344 g/mol. The normalized spacial score (nSPS) is 12.2. The molecule has 0 saturated carbocycles. The highest BCUT2D eigenvalue weighted by atomic mass is 32.2. The monoisotopic (exact) mass is 344 g/mol. The molecule has 1 aromatic heterocycles. The summed E-state index contributed by atoms with van der Waals surface area (Å²) in [6.07, 6.45) is 0.867. The Morgan fingerprint density at radius 1 is 1.21 bits per heavy atom. The number of imidazole rings is 1. The minimum Gasteiger partial charge on any atom is -0.326 e. The van der Waals surface area contributed by atoms with E-state index < -0.39 is 15.3 Å². The zero-order chi connectivity index (χ0) is 17.5. The first-order valence-electron chi connectivity index (χ1n) is 7.82. The lowest BCUT2D eigenvalue weighted by Crippen LogP contribution is -2.01. The molecule has 0 atom stereocenters. The lowest BCUT2D eigenvalue weighted by molar-refractivity contribution is 0.476. The third-order valence-corrected chi connectivity index (χ3v) is 4.69. The number of benzene rings is 2. The first-order valence-corrected chi connectivity index (χ1v) is 9.26. The second-order valence-electron chi connectivity index (χ2n) is 6.42. The van der Waals surface area contributed by atoms with Crippen LogP contribution in [0.1, 0.15) is 25.0 Å². The fourth-order valence-corrected chi connectivity index (χ4v) is 3.46. The third kappa shape index (κ3) is 3.07. The number of nitrogens with one attached hydrogen (secondary N) is 1. The number of aromatic amines is 1. The molecule has 0 amide bonds. The first-order chi connectivity index (χ1) is 11.3. The molecule has 0 spiro atoms. The summed E-state index contributed by atoms with van der Waals surface area (Å²) in [7, 11) is -4.38. The summed E-state index contributed by atoms with van der Waals surface area (Å²) in [6, 6.07) is 11.7. The summed E-state index contributed by atoms with van der Waals surface area (Å²) < 4.78 is 32.2. The van der Waals surface area contributed by atoms with Gasteiger partial charge in [0.1, 0.15) is 0 Å². The van der Waals surface area contributed by atoms with Crippen LogP contribution in [0.25, 0.3) is 22.2 Å². The molecular weight excluding hydrogens is 324 g/mol. The quantitative estimate of drug-likeness (QED) is 0.701. The van der Waals surface area contributed by atoms with Crippen LogP contribution in [0, 0.1) is 12.8 Å². The molecular formula is C18H20N2O3S. The Balaban J connectivity index is 2.39. The maximum absolute atomic E-state index is 11.5. The van der Waals surface area contributed by atoms with E-state index in [0.717, 1.165) is 28.7 Å². The number of hydrogen-bond acceptors (Lipinski definition) is 3. The van der Waals surface area contributed by atoms with E-state index in [0.29, 0.717) is 17.0 Å². The number of aryl methyl sites for hydroxylation is 1. The van der Waals surface area contributed by atoms with E-state index in [-0.39, 0.29) is 0 Å². The van der Waals surface area contributed by atoms with Gasteiger partial charge in [0.2, 0.25) is 0 Å². The summed E-state index contributed by atoms with van der Waals surface area (Å²) in [5, 5.41) is -0.421. The van der Waals surface area contributed by atoms with Gasteiger partial charge in [-0.2, -0.15) is 8.42 Å². The van der Waals surface area contributed by atoms with Crippen LogP contribution in [0.3, 0.4) is 0 Å². The van der Waals surface area contributed by atoms with Gasteiger partial charge in [0, 0.05) is 5.56 Å². The van der Waals surface area contributed by atoms with E-state index in [9.17, 15) is 13.0 Å². The number of aromatic nitrogens is 2. The van der Waals surface area contributed by atoms with Crippen LogP contribution in [0.4, 0.5) is 0 Å². The second-order valence-corrected chi connectivity index (χ2v) is 7.76. The average Bonchev–Trinajstić information content (AvgIpc) is 2.92. The highest BCUT2D eigenvalue weighted by Gasteiger charge is 2.21. The Morgan fingerprint density at radius 2 is 1.88 bits per heavy atom. The second kappa shape index (κ2) is 6.03. The van der Waals surface area contributed by atoms with Gasteiger partial charge in [0.05, 0.1) is 11.0 Å². The molecule has 0 fully saturated rings. The van der Waals surface area contributed by atoms with Crippen LogP contribution in [0.5, 0.6) is 0 Å². The van der Waals surface area contributed by atoms with Crippen molar-refractivity contribution in [1.29, 1.82) is 0 Å². The van der Waals surface area contributed by atoms with Gasteiger partial charge in [-0.25, -0.2) is 4.98 Å². The molecule has 2 aromatic carbocycles. The van der Waals surface area contributed by atoms with Crippen molar-refractivity contribution >= 4 is 21.2 Å². The number of nitrogens with zero attached hydrogens (tertiary/aromatic N) is 1. The highest BCUT2D eigenvalue weighted by Crippen LogP contribution is 2.35. The Labute approximate surface area is 141 Å². The first kappa shape index (κ1) is 16.7. The van der Waals surface area contributed by atoms with Crippen LogP contribution in [-0.2, 0) is 16.5 Å². The van der Waals surface area contributed by atoms with Gasteiger partial charge in [0.15, 0.2) is 0 Å². The van der Waals surface area contributed by atoms with Crippen molar-refractivity contribution in [3.05, 3.63) is 47.5 Å². The van der Waals surface area contributed by atoms with E-state index >= 15 is 0 Å².